The first-order valence-corrected chi connectivity index (χ1v) is 7.97. The van der Waals surface area contributed by atoms with E-state index in [1.165, 1.54) is 18.6 Å². The molecule has 1 aliphatic carbocycles. The third-order valence-corrected chi connectivity index (χ3v) is 4.56. The SMILES string of the molecule is O=C1c2cc(COc3cccc(F)c3)nn2CCN1C1CCC1. The first-order chi connectivity index (χ1) is 11.2. The van der Waals surface area contributed by atoms with E-state index in [4.69, 9.17) is 4.74 Å². The summed E-state index contributed by atoms with van der Waals surface area (Å²) in [6.45, 7) is 1.67. The molecular weight excluding hydrogens is 297 g/mol. The van der Waals surface area contributed by atoms with Gasteiger partial charge < -0.3 is 9.64 Å². The molecule has 0 spiro atoms. The van der Waals surface area contributed by atoms with Gasteiger partial charge in [0.05, 0.1) is 6.54 Å². The first-order valence-electron chi connectivity index (χ1n) is 7.97. The van der Waals surface area contributed by atoms with Gasteiger partial charge in [0.25, 0.3) is 5.91 Å². The number of halogens is 1. The molecule has 1 fully saturated rings. The molecule has 1 aromatic carbocycles. The van der Waals surface area contributed by atoms with E-state index in [0.29, 0.717) is 23.2 Å². The van der Waals surface area contributed by atoms with Crippen molar-refractivity contribution in [2.45, 2.75) is 38.5 Å². The van der Waals surface area contributed by atoms with Crippen LogP contribution in [0.4, 0.5) is 4.39 Å². The van der Waals surface area contributed by atoms with E-state index >= 15 is 0 Å². The number of carbonyl (C=O) groups excluding carboxylic acids is 1. The standard InChI is InChI=1S/C17H18FN3O2/c18-12-3-1-6-15(9-12)23-11-13-10-16-17(22)20(14-4-2-5-14)7-8-21(16)19-13/h1,3,6,9-10,14H,2,4-5,7-8,11H2. The summed E-state index contributed by atoms with van der Waals surface area (Å²) >= 11 is 0. The molecule has 0 atom stereocenters. The van der Waals surface area contributed by atoms with Crippen LogP contribution >= 0.6 is 0 Å². The monoisotopic (exact) mass is 315 g/mol. The minimum atomic E-state index is -0.335. The number of fused-ring (bicyclic) bond motifs is 1. The highest BCUT2D eigenvalue weighted by Crippen LogP contribution is 2.28. The molecular formula is C17H18FN3O2. The molecule has 2 heterocycles. The van der Waals surface area contributed by atoms with Gasteiger partial charge in [0.15, 0.2) is 0 Å². The zero-order valence-electron chi connectivity index (χ0n) is 12.7. The van der Waals surface area contributed by atoms with Crippen molar-refractivity contribution >= 4 is 5.91 Å². The number of amides is 1. The van der Waals surface area contributed by atoms with Gasteiger partial charge >= 0.3 is 0 Å². The molecule has 1 amide bonds. The minimum Gasteiger partial charge on any atom is -0.487 e. The van der Waals surface area contributed by atoms with Crippen LogP contribution in [-0.2, 0) is 13.2 Å². The fraction of sp³-hybridized carbons (Fsp3) is 0.412. The quantitative estimate of drug-likeness (QED) is 0.871. The van der Waals surface area contributed by atoms with Crippen molar-refractivity contribution in [1.82, 2.24) is 14.7 Å². The number of rotatable bonds is 4. The fourth-order valence-corrected chi connectivity index (χ4v) is 3.10. The maximum Gasteiger partial charge on any atom is 0.272 e. The average molecular weight is 315 g/mol. The van der Waals surface area contributed by atoms with E-state index < -0.39 is 0 Å². The number of aromatic nitrogens is 2. The molecule has 0 saturated heterocycles. The predicted octanol–water partition coefficient (Wildman–Crippen LogP) is 2.61. The highest BCUT2D eigenvalue weighted by atomic mass is 19.1. The third-order valence-electron chi connectivity index (χ3n) is 4.56. The van der Waals surface area contributed by atoms with E-state index in [1.807, 2.05) is 4.90 Å². The van der Waals surface area contributed by atoms with Gasteiger partial charge in [-0.1, -0.05) is 6.07 Å². The van der Waals surface area contributed by atoms with E-state index in [9.17, 15) is 9.18 Å². The van der Waals surface area contributed by atoms with Gasteiger partial charge in [-0.15, -0.1) is 0 Å². The molecule has 6 heteroatoms. The number of ether oxygens (including phenoxy) is 1. The van der Waals surface area contributed by atoms with Crippen LogP contribution in [0.1, 0.15) is 35.4 Å². The smallest absolute Gasteiger partial charge is 0.272 e. The summed E-state index contributed by atoms with van der Waals surface area (Å²) in [6, 6.07) is 8.19. The molecule has 5 nitrogen and oxygen atoms in total. The minimum absolute atomic E-state index is 0.0606. The Balaban J connectivity index is 1.47. The molecule has 1 saturated carbocycles. The van der Waals surface area contributed by atoms with Crippen LogP contribution in [0, 0.1) is 5.82 Å². The Morgan fingerprint density at radius 3 is 2.87 bits per heavy atom. The molecule has 0 bridgehead atoms. The Morgan fingerprint density at radius 2 is 2.13 bits per heavy atom. The molecule has 4 rings (SSSR count). The second-order valence-electron chi connectivity index (χ2n) is 6.07. The topological polar surface area (TPSA) is 47.4 Å². The Kier molecular flexibility index (Phi) is 3.52. The fourth-order valence-electron chi connectivity index (χ4n) is 3.10. The Hall–Kier alpha value is -2.37. The highest BCUT2D eigenvalue weighted by molar-refractivity contribution is 5.93. The third kappa shape index (κ3) is 2.69. The zero-order chi connectivity index (χ0) is 15.8. The number of benzene rings is 1. The van der Waals surface area contributed by atoms with Gasteiger partial charge in [0.1, 0.15) is 29.6 Å². The Bertz CT molecular complexity index is 739. The van der Waals surface area contributed by atoms with Gasteiger partial charge in [-0.3, -0.25) is 9.48 Å². The molecule has 1 aromatic heterocycles. The zero-order valence-corrected chi connectivity index (χ0v) is 12.7. The lowest BCUT2D eigenvalue weighted by atomic mass is 9.91. The molecule has 0 N–H and O–H groups in total. The molecule has 23 heavy (non-hydrogen) atoms. The molecule has 0 radical (unpaired) electrons. The largest absolute Gasteiger partial charge is 0.487 e. The number of nitrogens with zero attached hydrogens (tertiary/aromatic N) is 3. The van der Waals surface area contributed by atoms with Crippen LogP contribution in [0.2, 0.25) is 0 Å². The number of hydrogen-bond acceptors (Lipinski definition) is 3. The summed E-state index contributed by atoms with van der Waals surface area (Å²) < 4.78 is 20.4. The van der Waals surface area contributed by atoms with Crippen LogP contribution in [0.3, 0.4) is 0 Å². The average Bonchev–Trinajstić information content (AvgIpc) is 2.90. The lowest BCUT2D eigenvalue weighted by Gasteiger charge is -2.39. The van der Waals surface area contributed by atoms with Crippen LogP contribution in [-0.4, -0.2) is 33.2 Å². The van der Waals surface area contributed by atoms with Crippen molar-refractivity contribution in [2.24, 2.45) is 0 Å². The molecule has 120 valence electrons. The summed E-state index contributed by atoms with van der Waals surface area (Å²) in [5.74, 6) is 0.182. The van der Waals surface area contributed by atoms with E-state index in [1.54, 1.807) is 22.9 Å². The summed E-state index contributed by atoms with van der Waals surface area (Å²) in [4.78, 5) is 14.5. The normalized spacial score (nSPS) is 17.8. The van der Waals surface area contributed by atoms with E-state index in [-0.39, 0.29) is 18.3 Å². The summed E-state index contributed by atoms with van der Waals surface area (Å²) in [5, 5.41) is 4.43. The van der Waals surface area contributed by atoms with Crippen molar-refractivity contribution in [1.29, 1.82) is 0 Å². The number of hydrogen-bond donors (Lipinski definition) is 0. The number of carbonyl (C=O) groups is 1. The van der Waals surface area contributed by atoms with Crippen molar-refractivity contribution in [3.63, 3.8) is 0 Å². The van der Waals surface area contributed by atoms with Gasteiger partial charge in [-0.25, -0.2) is 4.39 Å². The molecule has 1 aliphatic heterocycles. The molecule has 0 unspecified atom stereocenters. The van der Waals surface area contributed by atoms with Gasteiger partial charge in [0.2, 0.25) is 0 Å². The lowest BCUT2D eigenvalue weighted by Crippen LogP contribution is -2.49. The van der Waals surface area contributed by atoms with Crippen molar-refractivity contribution in [2.75, 3.05) is 6.54 Å². The first kappa shape index (κ1) is 14.2. The lowest BCUT2D eigenvalue weighted by molar-refractivity contribution is 0.0504. The van der Waals surface area contributed by atoms with Crippen LogP contribution in [0.5, 0.6) is 5.75 Å². The predicted molar refractivity (Wildman–Crippen MR) is 81.6 cm³/mol. The van der Waals surface area contributed by atoms with Gasteiger partial charge in [-0.05, 0) is 37.5 Å². The second kappa shape index (κ2) is 5.68. The van der Waals surface area contributed by atoms with Gasteiger partial charge in [0, 0.05) is 18.7 Å². The summed E-state index contributed by atoms with van der Waals surface area (Å²) in [5.41, 5.74) is 1.31. The van der Waals surface area contributed by atoms with Crippen molar-refractivity contribution < 1.29 is 13.9 Å². The van der Waals surface area contributed by atoms with E-state index in [2.05, 4.69) is 5.10 Å². The highest BCUT2D eigenvalue weighted by Gasteiger charge is 2.34. The molecule has 2 aliphatic rings. The van der Waals surface area contributed by atoms with Gasteiger partial charge in [-0.2, -0.15) is 5.10 Å². The van der Waals surface area contributed by atoms with Crippen molar-refractivity contribution in [3.8, 4) is 5.75 Å². The maximum atomic E-state index is 13.1. The molecule has 2 aromatic rings. The summed E-state index contributed by atoms with van der Waals surface area (Å²) in [7, 11) is 0. The van der Waals surface area contributed by atoms with Crippen LogP contribution < -0.4 is 4.74 Å². The van der Waals surface area contributed by atoms with Crippen LogP contribution in [0.25, 0.3) is 0 Å². The second-order valence-corrected chi connectivity index (χ2v) is 6.07. The Morgan fingerprint density at radius 1 is 1.26 bits per heavy atom. The Labute approximate surface area is 133 Å². The van der Waals surface area contributed by atoms with Crippen molar-refractivity contribution in [3.05, 3.63) is 47.5 Å². The summed E-state index contributed by atoms with van der Waals surface area (Å²) in [6.07, 6.45) is 3.42. The maximum absolute atomic E-state index is 13.1. The van der Waals surface area contributed by atoms with E-state index in [0.717, 1.165) is 25.9 Å². The van der Waals surface area contributed by atoms with Crippen LogP contribution in [0.15, 0.2) is 30.3 Å².